The summed E-state index contributed by atoms with van der Waals surface area (Å²) < 4.78 is 22.5. The van der Waals surface area contributed by atoms with Crippen LogP contribution < -0.4 is 5.32 Å². The van der Waals surface area contributed by atoms with Crippen molar-refractivity contribution < 1.29 is 13.2 Å². The molecule has 5 nitrogen and oxygen atoms in total. The number of nitrogens with zero attached hydrogens (tertiary/aromatic N) is 1. The molecule has 0 heterocycles. The molecule has 0 saturated heterocycles. The van der Waals surface area contributed by atoms with Gasteiger partial charge in [0.05, 0.1) is 5.75 Å². The van der Waals surface area contributed by atoms with Crippen LogP contribution in [0.4, 0.5) is 10.5 Å². The van der Waals surface area contributed by atoms with Gasteiger partial charge in [0.25, 0.3) is 0 Å². The molecule has 0 aliphatic rings. The molecular weight excluding hydrogens is 276 g/mol. The Morgan fingerprint density at radius 2 is 2.00 bits per heavy atom. The quantitative estimate of drug-likeness (QED) is 0.907. The van der Waals surface area contributed by atoms with Crippen LogP contribution in [0.2, 0.25) is 0 Å². The number of nitrogens with one attached hydrogen (secondary N) is 1. The van der Waals surface area contributed by atoms with Crippen LogP contribution in [0.25, 0.3) is 0 Å². The molecule has 20 heavy (non-hydrogen) atoms. The minimum atomic E-state index is -3.09. The van der Waals surface area contributed by atoms with Gasteiger partial charge < -0.3 is 10.2 Å². The number of sulfone groups is 1. The number of amides is 2. The largest absolute Gasteiger partial charge is 0.322 e. The van der Waals surface area contributed by atoms with Gasteiger partial charge in [0.1, 0.15) is 9.84 Å². The van der Waals surface area contributed by atoms with Crippen LogP contribution in [0.1, 0.15) is 19.4 Å². The summed E-state index contributed by atoms with van der Waals surface area (Å²) in [6.45, 7) is 5.85. The average Bonchev–Trinajstić information content (AvgIpc) is 2.26. The Labute approximate surface area is 120 Å². The minimum Gasteiger partial charge on any atom is -0.321 e. The summed E-state index contributed by atoms with van der Waals surface area (Å²) in [5.41, 5.74) is 1.76. The van der Waals surface area contributed by atoms with Crippen LogP contribution in [0.5, 0.6) is 0 Å². The molecule has 0 radical (unpaired) electrons. The van der Waals surface area contributed by atoms with E-state index in [0.717, 1.165) is 5.56 Å². The van der Waals surface area contributed by atoms with Gasteiger partial charge in [0.2, 0.25) is 0 Å². The molecule has 6 heteroatoms. The van der Waals surface area contributed by atoms with Gasteiger partial charge in [-0.1, -0.05) is 12.1 Å². The van der Waals surface area contributed by atoms with Crippen LogP contribution in [0.3, 0.4) is 0 Å². The summed E-state index contributed by atoms with van der Waals surface area (Å²) in [5, 5.41) is 2.79. The van der Waals surface area contributed by atoms with Gasteiger partial charge in [-0.05, 0) is 38.5 Å². The first-order valence-electron chi connectivity index (χ1n) is 6.51. The molecule has 0 aliphatic carbocycles. The van der Waals surface area contributed by atoms with E-state index in [2.05, 4.69) is 5.32 Å². The van der Waals surface area contributed by atoms with Gasteiger partial charge in [-0.3, -0.25) is 0 Å². The van der Waals surface area contributed by atoms with E-state index < -0.39 is 9.84 Å². The number of carbonyl (C=O) groups is 1. The number of anilines is 1. The predicted octanol–water partition coefficient (Wildman–Crippen LogP) is 2.28. The average molecular weight is 298 g/mol. The van der Waals surface area contributed by atoms with Gasteiger partial charge in [-0.15, -0.1) is 0 Å². The van der Waals surface area contributed by atoms with Gasteiger partial charge in [-0.25, -0.2) is 13.2 Å². The number of hydrogen-bond donors (Lipinski definition) is 1. The van der Waals surface area contributed by atoms with Gasteiger partial charge in [0, 0.05) is 24.5 Å². The molecular formula is C14H22N2O3S. The summed E-state index contributed by atoms with van der Waals surface area (Å²) >= 11 is 0. The Hall–Kier alpha value is -1.56. The Morgan fingerprint density at radius 1 is 1.35 bits per heavy atom. The van der Waals surface area contributed by atoms with Crippen LogP contribution in [0, 0.1) is 6.92 Å². The molecule has 0 aliphatic heterocycles. The highest BCUT2D eigenvalue weighted by Crippen LogP contribution is 2.11. The highest BCUT2D eigenvalue weighted by molar-refractivity contribution is 7.90. The van der Waals surface area contributed by atoms with Gasteiger partial charge in [-0.2, -0.15) is 0 Å². The van der Waals surface area contributed by atoms with Crippen LogP contribution in [-0.2, 0) is 9.84 Å². The van der Waals surface area contributed by atoms with Crippen molar-refractivity contribution in [2.24, 2.45) is 0 Å². The zero-order valence-corrected chi connectivity index (χ0v) is 13.2. The third kappa shape index (κ3) is 5.61. The topological polar surface area (TPSA) is 66.5 Å². The lowest BCUT2D eigenvalue weighted by Gasteiger charge is -2.26. The van der Waals surface area contributed by atoms with E-state index in [9.17, 15) is 13.2 Å². The van der Waals surface area contributed by atoms with Crippen LogP contribution in [0.15, 0.2) is 24.3 Å². The lowest BCUT2D eigenvalue weighted by atomic mass is 10.2. The SMILES string of the molecule is Cc1cccc(NC(=O)N(CCS(C)(=O)=O)C(C)C)c1. The van der Waals surface area contributed by atoms with Crippen molar-refractivity contribution in [2.45, 2.75) is 26.8 Å². The summed E-state index contributed by atoms with van der Waals surface area (Å²) in [5.74, 6) is -0.0353. The molecule has 0 bridgehead atoms. The van der Waals surface area contributed by atoms with Crippen LogP contribution in [-0.4, -0.2) is 43.9 Å². The van der Waals surface area contributed by atoms with Crippen molar-refractivity contribution in [2.75, 3.05) is 23.9 Å². The van der Waals surface area contributed by atoms with E-state index in [-0.39, 0.29) is 24.4 Å². The van der Waals surface area contributed by atoms with E-state index in [1.807, 2.05) is 39.0 Å². The first-order chi connectivity index (χ1) is 9.19. The standard InChI is InChI=1S/C14H22N2O3S/c1-11(2)16(8-9-20(4,18)19)14(17)15-13-7-5-6-12(3)10-13/h5-7,10-11H,8-9H2,1-4H3,(H,15,17). The lowest BCUT2D eigenvalue weighted by Crippen LogP contribution is -2.42. The van der Waals surface area contributed by atoms with Crippen molar-refractivity contribution in [1.82, 2.24) is 4.90 Å². The molecule has 0 atom stereocenters. The van der Waals surface area contributed by atoms with E-state index >= 15 is 0 Å². The Kier molecular flexibility index (Phi) is 5.56. The minimum absolute atomic E-state index is 0.0353. The summed E-state index contributed by atoms with van der Waals surface area (Å²) in [6, 6.07) is 7.13. The fourth-order valence-corrected chi connectivity index (χ4v) is 2.30. The molecule has 1 rings (SSSR count). The maximum absolute atomic E-state index is 12.2. The molecule has 0 fully saturated rings. The van der Waals surface area contributed by atoms with E-state index in [1.54, 1.807) is 6.07 Å². The Balaban J connectivity index is 2.74. The summed E-state index contributed by atoms with van der Waals surface area (Å²) in [4.78, 5) is 13.7. The molecule has 0 aromatic heterocycles. The van der Waals surface area contributed by atoms with Gasteiger partial charge in [0.15, 0.2) is 0 Å². The number of carbonyl (C=O) groups excluding carboxylic acids is 1. The maximum Gasteiger partial charge on any atom is 0.322 e. The van der Waals surface area contributed by atoms with Crippen molar-refractivity contribution in [1.29, 1.82) is 0 Å². The number of hydrogen-bond acceptors (Lipinski definition) is 3. The fourth-order valence-electron chi connectivity index (χ4n) is 1.78. The zero-order valence-electron chi connectivity index (χ0n) is 12.4. The first-order valence-corrected chi connectivity index (χ1v) is 8.57. The second-order valence-corrected chi connectivity index (χ2v) is 7.48. The first kappa shape index (κ1) is 16.5. The smallest absolute Gasteiger partial charge is 0.321 e. The highest BCUT2D eigenvalue weighted by atomic mass is 32.2. The van der Waals surface area contributed by atoms with E-state index in [1.165, 1.54) is 11.2 Å². The summed E-state index contributed by atoms with van der Waals surface area (Å²) in [7, 11) is -3.09. The van der Waals surface area contributed by atoms with Crippen molar-refractivity contribution >= 4 is 21.6 Å². The Morgan fingerprint density at radius 3 is 2.50 bits per heavy atom. The predicted molar refractivity (Wildman–Crippen MR) is 81.8 cm³/mol. The second-order valence-electron chi connectivity index (χ2n) is 5.22. The lowest BCUT2D eigenvalue weighted by molar-refractivity contribution is 0.201. The molecule has 0 unspecified atom stereocenters. The fraction of sp³-hybridized carbons (Fsp3) is 0.500. The normalized spacial score (nSPS) is 11.4. The Bertz CT molecular complexity index is 568. The second kappa shape index (κ2) is 6.74. The number of urea groups is 1. The molecule has 0 saturated carbocycles. The highest BCUT2D eigenvalue weighted by Gasteiger charge is 2.18. The molecule has 1 aromatic rings. The summed E-state index contributed by atoms with van der Waals surface area (Å²) in [6.07, 6.45) is 1.17. The maximum atomic E-state index is 12.2. The number of rotatable bonds is 5. The molecule has 2 amide bonds. The molecule has 0 spiro atoms. The molecule has 1 N–H and O–H groups in total. The molecule has 1 aromatic carbocycles. The van der Waals surface area contributed by atoms with Crippen molar-refractivity contribution in [3.05, 3.63) is 29.8 Å². The third-order valence-electron chi connectivity index (χ3n) is 2.86. The van der Waals surface area contributed by atoms with Gasteiger partial charge >= 0.3 is 6.03 Å². The third-order valence-corrected chi connectivity index (χ3v) is 3.78. The number of benzene rings is 1. The van der Waals surface area contributed by atoms with Crippen LogP contribution >= 0.6 is 0 Å². The van der Waals surface area contributed by atoms with Crippen molar-refractivity contribution in [3.8, 4) is 0 Å². The number of aryl methyl sites for hydroxylation is 1. The zero-order chi connectivity index (χ0) is 15.3. The van der Waals surface area contributed by atoms with E-state index in [4.69, 9.17) is 0 Å². The monoisotopic (exact) mass is 298 g/mol. The van der Waals surface area contributed by atoms with Crippen molar-refractivity contribution in [3.63, 3.8) is 0 Å². The molecule has 112 valence electrons. The van der Waals surface area contributed by atoms with E-state index in [0.29, 0.717) is 5.69 Å².